The molecular weight excluding hydrogens is 200 g/mol. The Kier molecular flexibility index (Phi) is 3.96. The summed E-state index contributed by atoms with van der Waals surface area (Å²) in [6.07, 6.45) is 4.71. The highest BCUT2D eigenvalue weighted by atomic mass is 15.2. The minimum absolute atomic E-state index is 0.846. The normalized spacial score (nSPS) is 17.9. The molecule has 0 amide bonds. The van der Waals surface area contributed by atoms with Crippen LogP contribution < -0.4 is 10.6 Å². The molecule has 1 aliphatic rings. The lowest BCUT2D eigenvalue weighted by atomic mass is 9.98. The monoisotopic (exact) mass is 222 g/mol. The van der Waals surface area contributed by atoms with Gasteiger partial charge in [0.15, 0.2) is 0 Å². The maximum Gasteiger partial charge on any atom is 0.0638 e. The Morgan fingerprint density at radius 3 is 2.88 bits per heavy atom. The largest absolute Gasteiger partial charge is 0.317 e. The van der Waals surface area contributed by atoms with Crippen molar-refractivity contribution in [3.8, 4) is 0 Å². The molecule has 4 heteroatoms. The quantitative estimate of drug-likeness (QED) is 0.792. The molecule has 0 saturated carbocycles. The summed E-state index contributed by atoms with van der Waals surface area (Å²) in [5.41, 5.74) is 2.46. The second-order valence-electron chi connectivity index (χ2n) is 4.74. The third kappa shape index (κ3) is 3.06. The molecule has 0 bridgehead atoms. The summed E-state index contributed by atoms with van der Waals surface area (Å²) < 4.78 is 1.89. The Morgan fingerprint density at radius 2 is 2.25 bits per heavy atom. The second kappa shape index (κ2) is 5.46. The molecule has 0 atom stereocenters. The fourth-order valence-corrected chi connectivity index (χ4v) is 2.32. The number of nitrogens with zero attached hydrogens (tertiary/aromatic N) is 2. The van der Waals surface area contributed by atoms with E-state index in [2.05, 4.69) is 28.9 Å². The predicted octanol–water partition coefficient (Wildman–Crippen LogP) is 0.818. The van der Waals surface area contributed by atoms with Crippen LogP contribution in [0.1, 0.15) is 24.1 Å². The van der Waals surface area contributed by atoms with Crippen molar-refractivity contribution in [2.45, 2.75) is 26.3 Å². The van der Waals surface area contributed by atoms with Gasteiger partial charge in [-0.15, -0.1) is 0 Å². The highest BCUT2D eigenvalue weighted by molar-refractivity contribution is 5.14. The molecule has 0 aliphatic carbocycles. The average Bonchev–Trinajstić information content (AvgIpc) is 2.59. The fourth-order valence-electron chi connectivity index (χ4n) is 2.32. The van der Waals surface area contributed by atoms with Crippen LogP contribution in [0.3, 0.4) is 0 Å². The van der Waals surface area contributed by atoms with Crippen LogP contribution in [0.15, 0.2) is 6.20 Å². The van der Waals surface area contributed by atoms with Gasteiger partial charge in [-0.05, 0) is 45.3 Å². The topological polar surface area (TPSA) is 41.9 Å². The molecule has 0 spiro atoms. The lowest BCUT2D eigenvalue weighted by molar-refractivity contribution is 0.356. The Balaban J connectivity index is 1.73. The summed E-state index contributed by atoms with van der Waals surface area (Å²) in [4.78, 5) is 0. The van der Waals surface area contributed by atoms with E-state index in [0.29, 0.717) is 0 Å². The first-order valence-electron chi connectivity index (χ1n) is 6.16. The van der Waals surface area contributed by atoms with Crippen LogP contribution in [0.5, 0.6) is 0 Å². The summed E-state index contributed by atoms with van der Waals surface area (Å²) in [5, 5.41) is 11.3. The van der Waals surface area contributed by atoms with Gasteiger partial charge in [-0.3, -0.25) is 4.68 Å². The molecular formula is C12H22N4. The van der Waals surface area contributed by atoms with Crippen molar-refractivity contribution in [3.05, 3.63) is 17.5 Å². The predicted molar refractivity (Wildman–Crippen MR) is 65.2 cm³/mol. The Labute approximate surface area is 97.4 Å². The van der Waals surface area contributed by atoms with Gasteiger partial charge in [0.1, 0.15) is 0 Å². The van der Waals surface area contributed by atoms with Crippen LogP contribution in [-0.2, 0) is 13.6 Å². The highest BCUT2D eigenvalue weighted by Gasteiger charge is 2.12. The molecule has 16 heavy (non-hydrogen) atoms. The number of aryl methyl sites for hydroxylation is 2. The van der Waals surface area contributed by atoms with Crippen molar-refractivity contribution < 1.29 is 0 Å². The number of hydrogen-bond donors (Lipinski definition) is 2. The van der Waals surface area contributed by atoms with Crippen molar-refractivity contribution in [2.75, 3.05) is 19.6 Å². The SMILES string of the molecule is Cc1nn(C)cc1CNCC1CCNCC1. The molecule has 1 aromatic heterocycles. The smallest absolute Gasteiger partial charge is 0.0638 e. The van der Waals surface area contributed by atoms with Crippen molar-refractivity contribution in [3.63, 3.8) is 0 Å². The molecule has 1 aromatic rings. The molecule has 1 aliphatic heterocycles. The van der Waals surface area contributed by atoms with Gasteiger partial charge < -0.3 is 10.6 Å². The number of aromatic nitrogens is 2. The van der Waals surface area contributed by atoms with Gasteiger partial charge in [0.25, 0.3) is 0 Å². The summed E-state index contributed by atoms with van der Waals surface area (Å²) in [7, 11) is 1.98. The minimum Gasteiger partial charge on any atom is -0.317 e. The van der Waals surface area contributed by atoms with Gasteiger partial charge in [-0.1, -0.05) is 0 Å². The zero-order chi connectivity index (χ0) is 11.4. The van der Waals surface area contributed by atoms with Crippen LogP contribution in [0.25, 0.3) is 0 Å². The molecule has 90 valence electrons. The molecule has 0 unspecified atom stereocenters. The maximum atomic E-state index is 4.34. The van der Waals surface area contributed by atoms with Crippen molar-refractivity contribution in [1.82, 2.24) is 20.4 Å². The summed E-state index contributed by atoms with van der Waals surface area (Å²) in [6, 6.07) is 0. The lowest BCUT2D eigenvalue weighted by Gasteiger charge is -2.22. The Morgan fingerprint density at radius 1 is 1.50 bits per heavy atom. The lowest BCUT2D eigenvalue weighted by Crippen LogP contribution is -2.33. The van der Waals surface area contributed by atoms with Crippen LogP contribution in [0.4, 0.5) is 0 Å². The first-order chi connectivity index (χ1) is 7.75. The first-order valence-corrected chi connectivity index (χ1v) is 6.16. The van der Waals surface area contributed by atoms with Crippen LogP contribution >= 0.6 is 0 Å². The second-order valence-corrected chi connectivity index (χ2v) is 4.74. The fraction of sp³-hybridized carbons (Fsp3) is 0.750. The van der Waals surface area contributed by atoms with Gasteiger partial charge in [0, 0.05) is 25.4 Å². The van der Waals surface area contributed by atoms with Crippen LogP contribution in [0.2, 0.25) is 0 Å². The third-order valence-corrected chi connectivity index (χ3v) is 3.32. The van der Waals surface area contributed by atoms with E-state index >= 15 is 0 Å². The van der Waals surface area contributed by atoms with E-state index in [1.807, 2.05) is 11.7 Å². The van der Waals surface area contributed by atoms with E-state index in [4.69, 9.17) is 0 Å². The molecule has 4 nitrogen and oxygen atoms in total. The third-order valence-electron chi connectivity index (χ3n) is 3.32. The van der Waals surface area contributed by atoms with Gasteiger partial charge in [-0.2, -0.15) is 5.10 Å². The van der Waals surface area contributed by atoms with E-state index in [0.717, 1.165) is 24.7 Å². The maximum absolute atomic E-state index is 4.34. The number of rotatable bonds is 4. The Hall–Kier alpha value is -0.870. The van der Waals surface area contributed by atoms with Gasteiger partial charge in [0.2, 0.25) is 0 Å². The van der Waals surface area contributed by atoms with Gasteiger partial charge in [-0.25, -0.2) is 0 Å². The van der Waals surface area contributed by atoms with E-state index in [9.17, 15) is 0 Å². The molecule has 2 heterocycles. The molecule has 1 fully saturated rings. The summed E-state index contributed by atoms with van der Waals surface area (Å²) >= 11 is 0. The molecule has 2 N–H and O–H groups in total. The highest BCUT2D eigenvalue weighted by Crippen LogP contribution is 2.10. The van der Waals surface area contributed by atoms with Crippen molar-refractivity contribution >= 4 is 0 Å². The zero-order valence-corrected chi connectivity index (χ0v) is 10.3. The van der Waals surface area contributed by atoms with E-state index in [-0.39, 0.29) is 0 Å². The van der Waals surface area contributed by atoms with Crippen LogP contribution in [0, 0.1) is 12.8 Å². The number of hydrogen-bond acceptors (Lipinski definition) is 3. The van der Waals surface area contributed by atoms with E-state index < -0.39 is 0 Å². The standard InChI is InChI=1S/C12H22N4/c1-10-12(9-16(2)15-10)8-14-7-11-3-5-13-6-4-11/h9,11,13-14H,3-8H2,1-2H3. The van der Waals surface area contributed by atoms with Crippen molar-refractivity contribution in [2.24, 2.45) is 13.0 Å². The zero-order valence-electron chi connectivity index (χ0n) is 10.3. The Bertz CT molecular complexity index is 326. The molecule has 0 radical (unpaired) electrons. The molecule has 2 rings (SSSR count). The first kappa shape index (κ1) is 11.6. The van der Waals surface area contributed by atoms with Gasteiger partial charge >= 0.3 is 0 Å². The van der Waals surface area contributed by atoms with E-state index in [1.165, 1.54) is 31.5 Å². The average molecular weight is 222 g/mol. The summed E-state index contributed by atoms with van der Waals surface area (Å²) in [5.74, 6) is 0.846. The molecule has 0 aromatic carbocycles. The van der Waals surface area contributed by atoms with Crippen molar-refractivity contribution in [1.29, 1.82) is 0 Å². The summed E-state index contributed by atoms with van der Waals surface area (Å²) in [6.45, 7) is 6.51. The minimum atomic E-state index is 0.846. The number of piperidine rings is 1. The number of nitrogens with one attached hydrogen (secondary N) is 2. The van der Waals surface area contributed by atoms with Crippen LogP contribution in [-0.4, -0.2) is 29.4 Å². The van der Waals surface area contributed by atoms with E-state index in [1.54, 1.807) is 0 Å². The molecule has 1 saturated heterocycles. The van der Waals surface area contributed by atoms with Gasteiger partial charge in [0.05, 0.1) is 5.69 Å².